The van der Waals surface area contributed by atoms with E-state index in [4.69, 9.17) is 0 Å². The maximum absolute atomic E-state index is 10.1. The Hall–Kier alpha value is -0.460. The van der Waals surface area contributed by atoms with Crippen molar-refractivity contribution in [1.29, 1.82) is 0 Å². The molecule has 0 amide bonds. The van der Waals surface area contributed by atoms with Crippen molar-refractivity contribution in [3.8, 4) is 0 Å². The van der Waals surface area contributed by atoms with E-state index in [1.165, 1.54) is 8.45 Å². The number of thiazole rings is 1. The van der Waals surface area contributed by atoms with Gasteiger partial charge in [0.2, 0.25) is 0 Å². The number of halogens is 1. The van der Waals surface area contributed by atoms with Crippen LogP contribution in [0.3, 0.4) is 0 Å². The normalized spacial score (nSPS) is 12.7. The van der Waals surface area contributed by atoms with Crippen molar-refractivity contribution in [3.05, 3.63) is 49.0 Å². The number of aliphatic hydroxyl groups is 1. The van der Waals surface area contributed by atoms with Crippen LogP contribution in [0.5, 0.6) is 0 Å². The van der Waals surface area contributed by atoms with Gasteiger partial charge in [-0.3, -0.25) is 0 Å². The average molecular weight is 359 g/mol. The zero-order valence-corrected chi connectivity index (χ0v) is 12.7. The highest BCUT2D eigenvalue weighted by atomic mass is 127. The van der Waals surface area contributed by atoms with Gasteiger partial charge in [0.1, 0.15) is 0 Å². The molecule has 1 aromatic heterocycles. The van der Waals surface area contributed by atoms with Crippen molar-refractivity contribution in [3.63, 3.8) is 0 Å². The van der Waals surface area contributed by atoms with Gasteiger partial charge in [0.15, 0.2) is 0 Å². The van der Waals surface area contributed by atoms with Crippen LogP contribution in [0.15, 0.2) is 24.3 Å². The van der Waals surface area contributed by atoms with Crippen LogP contribution in [-0.4, -0.2) is 10.1 Å². The quantitative estimate of drug-likeness (QED) is 0.849. The summed E-state index contributed by atoms with van der Waals surface area (Å²) in [5.74, 6) is 0. The molecule has 1 aromatic carbocycles. The number of benzene rings is 1. The van der Waals surface area contributed by atoms with E-state index in [1.807, 2.05) is 31.2 Å². The lowest BCUT2D eigenvalue weighted by atomic mass is 10.1. The predicted octanol–water partition coefficient (Wildman–Crippen LogP) is 3.64. The fourth-order valence-corrected chi connectivity index (χ4v) is 2.92. The zero-order chi connectivity index (χ0) is 12.4. The van der Waals surface area contributed by atoms with Gasteiger partial charge in [-0.25, -0.2) is 4.98 Å². The summed E-state index contributed by atoms with van der Waals surface area (Å²) in [6.07, 6.45) is 0.136. The lowest BCUT2D eigenvalue weighted by Crippen LogP contribution is -2.01. The summed E-state index contributed by atoms with van der Waals surface area (Å²) in [6, 6.07) is 7.97. The first kappa shape index (κ1) is 13.0. The van der Waals surface area contributed by atoms with Gasteiger partial charge in [0, 0.05) is 14.9 Å². The molecule has 0 saturated carbocycles. The fourth-order valence-electron chi connectivity index (χ4n) is 1.59. The molecule has 90 valence electrons. The number of rotatable bonds is 3. The molecule has 2 rings (SSSR count). The van der Waals surface area contributed by atoms with Crippen LogP contribution in [-0.2, 0) is 6.42 Å². The van der Waals surface area contributed by atoms with Crippen molar-refractivity contribution in [2.45, 2.75) is 26.4 Å². The van der Waals surface area contributed by atoms with Crippen molar-refractivity contribution < 1.29 is 5.11 Å². The lowest BCUT2D eigenvalue weighted by molar-refractivity contribution is 0.178. The third kappa shape index (κ3) is 3.26. The van der Waals surface area contributed by atoms with E-state index in [0.29, 0.717) is 6.42 Å². The highest BCUT2D eigenvalue weighted by molar-refractivity contribution is 14.1. The summed E-state index contributed by atoms with van der Waals surface area (Å²) in [7, 11) is 0. The molecule has 0 fully saturated rings. The Balaban J connectivity index is 2.11. The van der Waals surface area contributed by atoms with E-state index < -0.39 is 6.10 Å². The Kier molecular flexibility index (Phi) is 4.17. The van der Waals surface area contributed by atoms with E-state index in [1.54, 1.807) is 11.3 Å². The van der Waals surface area contributed by atoms with E-state index in [9.17, 15) is 5.11 Å². The van der Waals surface area contributed by atoms with Crippen LogP contribution in [0.4, 0.5) is 0 Å². The highest BCUT2D eigenvalue weighted by Gasteiger charge is 2.12. The second kappa shape index (κ2) is 5.46. The third-order valence-corrected chi connectivity index (χ3v) is 4.51. The minimum atomic E-state index is -0.461. The van der Waals surface area contributed by atoms with E-state index in [0.717, 1.165) is 16.3 Å². The second-order valence-corrected chi connectivity index (χ2v) is 6.55. The Bertz CT molecular complexity index is 487. The number of hydrogen-bond acceptors (Lipinski definition) is 3. The maximum Gasteiger partial charge on any atom is 0.0960 e. The zero-order valence-electron chi connectivity index (χ0n) is 9.77. The molecule has 0 aliphatic rings. The van der Waals surface area contributed by atoms with Crippen molar-refractivity contribution in [2.24, 2.45) is 0 Å². The van der Waals surface area contributed by atoms with Gasteiger partial charge in [-0.15, -0.1) is 11.3 Å². The molecule has 17 heavy (non-hydrogen) atoms. The molecule has 0 bridgehead atoms. The summed E-state index contributed by atoms with van der Waals surface area (Å²) in [5, 5.41) is 11.1. The topological polar surface area (TPSA) is 33.1 Å². The Labute approximate surface area is 119 Å². The van der Waals surface area contributed by atoms with Crippen molar-refractivity contribution in [2.75, 3.05) is 0 Å². The Morgan fingerprint density at radius 3 is 2.47 bits per heavy atom. The first-order chi connectivity index (χ1) is 8.06. The monoisotopic (exact) mass is 359 g/mol. The molecule has 0 saturated heterocycles. The molecule has 0 aliphatic heterocycles. The number of aliphatic hydroxyl groups excluding tert-OH is 1. The molecular weight excluding hydrogens is 345 g/mol. The molecule has 2 nitrogen and oxygen atoms in total. The summed E-state index contributed by atoms with van der Waals surface area (Å²) < 4.78 is 1.18. The van der Waals surface area contributed by atoms with Crippen LogP contribution in [0.25, 0.3) is 0 Å². The van der Waals surface area contributed by atoms with Gasteiger partial charge in [-0.2, -0.15) is 0 Å². The van der Waals surface area contributed by atoms with Crippen LogP contribution in [0.1, 0.15) is 27.2 Å². The smallest absolute Gasteiger partial charge is 0.0960 e. The Morgan fingerprint density at radius 2 is 1.94 bits per heavy atom. The second-order valence-electron chi connectivity index (χ2n) is 4.02. The molecule has 1 unspecified atom stereocenters. The van der Waals surface area contributed by atoms with Gasteiger partial charge in [-0.1, -0.05) is 12.1 Å². The van der Waals surface area contributed by atoms with Gasteiger partial charge in [0.25, 0.3) is 0 Å². The SMILES string of the molecule is Cc1nc(CC(O)c2ccc(I)cc2)sc1C. The van der Waals surface area contributed by atoms with Gasteiger partial charge < -0.3 is 5.11 Å². The first-order valence-electron chi connectivity index (χ1n) is 5.42. The predicted molar refractivity (Wildman–Crippen MR) is 79.4 cm³/mol. The third-order valence-electron chi connectivity index (χ3n) is 2.70. The van der Waals surface area contributed by atoms with Crippen LogP contribution >= 0.6 is 33.9 Å². The summed E-state index contributed by atoms with van der Waals surface area (Å²) in [6.45, 7) is 4.07. The summed E-state index contributed by atoms with van der Waals surface area (Å²) in [4.78, 5) is 5.68. The Morgan fingerprint density at radius 1 is 1.29 bits per heavy atom. The molecule has 0 aliphatic carbocycles. The average Bonchev–Trinajstić information content (AvgIpc) is 2.58. The van der Waals surface area contributed by atoms with Crippen LogP contribution < -0.4 is 0 Å². The molecule has 4 heteroatoms. The molecule has 2 aromatic rings. The molecule has 1 atom stereocenters. The van der Waals surface area contributed by atoms with Gasteiger partial charge in [-0.05, 0) is 54.1 Å². The minimum Gasteiger partial charge on any atom is -0.388 e. The number of aryl methyl sites for hydroxylation is 2. The fraction of sp³-hybridized carbons (Fsp3) is 0.308. The van der Waals surface area contributed by atoms with Gasteiger partial charge in [0.05, 0.1) is 16.8 Å². The summed E-state index contributed by atoms with van der Waals surface area (Å²) in [5.41, 5.74) is 2.02. The number of hydrogen-bond donors (Lipinski definition) is 1. The standard InChI is InChI=1S/C13H14INOS/c1-8-9(2)17-13(15-8)7-12(16)10-3-5-11(14)6-4-10/h3-6,12,16H,7H2,1-2H3. The van der Waals surface area contributed by atoms with E-state index >= 15 is 0 Å². The van der Waals surface area contributed by atoms with E-state index in [-0.39, 0.29) is 0 Å². The van der Waals surface area contributed by atoms with Crippen molar-refractivity contribution >= 4 is 33.9 Å². The number of nitrogens with zero attached hydrogens (tertiary/aromatic N) is 1. The molecule has 0 radical (unpaired) electrons. The summed E-state index contributed by atoms with van der Waals surface area (Å²) >= 11 is 3.93. The molecule has 0 spiro atoms. The molecule has 1 N–H and O–H groups in total. The van der Waals surface area contributed by atoms with E-state index in [2.05, 4.69) is 34.5 Å². The molecular formula is C13H14INOS. The number of aromatic nitrogens is 1. The van der Waals surface area contributed by atoms with Crippen molar-refractivity contribution in [1.82, 2.24) is 4.98 Å². The van der Waals surface area contributed by atoms with Crippen LogP contribution in [0, 0.1) is 17.4 Å². The molecule has 1 heterocycles. The lowest BCUT2D eigenvalue weighted by Gasteiger charge is -2.08. The maximum atomic E-state index is 10.1. The first-order valence-corrected chi connectivity index (χ1v) is 7.32. The van der Waals surface area contributed by atoms with Crippen LogP contribution in [0.2, 0.25) is 0 Å². The highest BCUT2D eigenvalue weighted by Crippen LogP contribution is 2.23. The minimum absolute atomic E-state index is 0.461. The van der Waals surface area contributed by atoms with Gasteiger partial charge >= 0.3 is 0 Å². The largest absolute Gasteiger partial charge is 0.388 e.